The fourth-order valence-electron chi connectivity index (χ4n) is 3.44. The minimum absolute atomic E-state index is 0.180. The number of aromatic nitrogens is 2. The lowest BCUT2D eigenvalue weighted by Crippen LogP contribution is -2.39. The monoisotopic (exact) mass is 440 g/mol. The molecule has 3 N–H and O–H groups in total. The highest BCUT2D eigenvalue weighted by atomic mass is 31.2. The molecule has 2 heterocycles. The fourth-order valence-corrected chi connectivity index (χ4v) is 5.39. The summed E-state index contributed by atoms with van der Waals surface area (Å²) in [6, 6.07) is 1.12. The smallest absolute Gasteiger partial charge is 0.330 e. The summed E-state index contributed by atoms with van der Waals surface area (Å²) in [6.45, 7) is 1.24. The van der Waals surface area contributed by atoms with Gasteiger partial charge in [0.15, 0.2) is 6.23 Å². The average molecular weight is 440 g/mol. The normalized spacial score (nSPS) is 34.9. The van der Waals surface area contributed by atoms with Crippen molar-refractivity contribution in [2.75, 3.05) is 20.9 Å². The van der Waals surface area contributed by atoms with Crippen molar-refractivity contribution in [1.29, 1.82) is 0 Å². The van der Waals surface area contributed by atoms with Crippen molar-refractivity contribution < 1.29 is 37.4 Å². The van der Waals surface area contributed by atoms with Crippen LogP contribution in [-0.2, 0) is 27.7 Å². The first-order valence-electron chi connectivity index (χ1n) is 8.35. The summed E-state index contributed by atoms with van der Waals surface area (Å²) in [5, 5.41) is 0. The first-order valence-corrected chi connectivity index (χ1v) is 12.0. The molecule has 1 aromatic heterocycles. The van der Waals surface area contributed by atoms with Crippen LogP contribution in [0.2, 0.25) is 0 Å². The van der Waals surface area contributed by atoms with Crippen molar-refractivity contribution in [1.82, 2.24) is 9.55 Å². The quantitative estimate of drug-likeness (QED) is 0.486. The third kappa shape index (κ3) is 4.24. The molecular weight excluding hydrogens is 418 g/mol. The lowest BCUT2D eigenvalue weighted by molar-refractivity contribution is -0.0571. The van der Waals surface area contributed by atoms with Crippen molar-refractivity contribution in [2.24, 2.45) is 5.92 Å². The van der Waals surface area contributed by atoms with Crippen molar-refractivity contribution in [3.63, 3.8) is 0 Å². The summed E-state index contributed by atoms with van der Waals surface area (Å²) < 4.78 is 46.8. The Hall–Kier alpha value is -1.10. The SMILES string of the molecule is COC1C(OP(C)(=O)OC)C(C2CC2P(=O)(O)O)OC1n1ccc(=O)[nH]c1=O. The molecule has 7 unspecified atom stereocenters. The molecule has 1 saturated carbocycles. The van der Waals surface area contributed by atoms with Gasteiger partial charge in [-0.05, 0) is 6.42 Å². The summed E-state index contributed by atoms with van der Waals surface area (Å²) in [5.74, 6) is -0.580. The maximum atomic E-state index is 12.4. The molecule has 1 saturated heterocycles. The molecule has 28 heavy (non-hydrogen) atoms. The summed E-state index contributed by atoms with van der Waals surface area (Å²) in [4.78, 5) is 44.5. The minimum Gasteiger partial charge on any atom is -0.374 e. The highest BCUT2D eigenvalue weighted by Gasteiger charge is 2.61. The molecule has 3 rings (SSSR count). The summed E-state index contributed by atoms with van der Waals surface area (Å²) in [7, 11) is -5.34. The molecule has 14 heteroatoms. The number of H-pyrrole nitrogens is 1. The molecule has 2 fully saturated rings. The van der Waals surface area contributed by atoms with E-state index in [1.807, 2.05) is 0 Å². The van der Waals surface area contributed by atoms with Crippen LogP contribution in [0.5, 0.6) is 0 Å². The lowest BCUT2D eigenvalue weighted by atomic mass is 10.1. The van der Waals surface area contributed by atoms with Crippen LogP contribution < -0.4 is 11.2 Å². The average Bonchev–Trinajstić information content (AvgIpc) is 3.32. The van der Waals surface area contributed by atoms with Crippen molar-refractivity contribution >= 4 is 15.2 Å². The first-order chi connectivity index (χ1) is 13.0. The van der Waals surface area contributed by atoms with E-state index in [2.05, 4.69) is 4.98 Å². The van der Waals surface area contributed by atoms with Crippen LogP contribution in [0.25, 0.3) is 0 Å². The second kappa shape index (κ2) is 7.62. The van der Waals surface area contributed by atoms with Gasteiger partial charge in [0.1, 0.15) is 12.2 Å². The Morgan fingerprint density at radius 3 is 2.43 bits per heavy atom. The van der Waals surface area contributed by atoms with Gasteiger partial charge in [-0.25, -0.2) is 4.79 Å². The van der Waals surface area contributed by atoms with E-state index < -0.39 is 62.6 Å². The van der Waals surface area contributed by atoms with Crippen molar-refractivity contribution in [2.45, 2.75) is 36.6 Å². The predicted molar refractivity (Wildman–Crippen MR) is 95.4 cm³/mol. The highest BCUT2D eigenvalue weighted by molar-refractivity contribution is 7.53. The maximum Gasteiger partial charge on any atom is 0.330 e. The van der Waals surface area contributed by atoms with Crippen LogP contribution in [0.1, 0.15) is 12.6 Å². The standard InChI is InChI=1S/C14H22N2O10P2/c1-23-12-11(26-27(3,19)24-2)10(7-6-8(7)28(20,21)22)25-13(12)16-5-4-9(17)15-14(16)18/h4-5,7-8,10-13H,6H2,1-3H3,(H,15,17,18)(H2,20,21,22). The Morgan fingerprint density at radius 2 is 1.93 bits per heavy atom. The van der Waals surface area contributed by atoms with E-state index in [0.717, 1.165) is 10.6 Å². The molecule has 0 radical (unpaired) electrons. The van der Waals surface area contributed by atoms with Crippen molar-refractivity contribution in [3.05, 3.63) is 33.1 Å². The van der Waals surface area contributed by atoms with E-state index in [0.29, 0.717) is 0 Å². The van der Waals surface area contributed by atoms with Gasteiger partial charge in [0, 0.05) is 39.1 Å². The molecule has 1 aliphatic heterocycles. The molecule has 2 aliphatic rings. The topological polar surface area (TPSA) is 166 Å². The minimum atomic E-state index is -4.35. The Labute approximate surface area is 159 Å². The molecule has 0 amide bonds. The van der Waals surface area contributed by atoms with Gasteiger partial charge in [0.2, 0.25) is 0 Å². The van der Waals surface area contributed by atoms with Crippen LogP contribution in [-0.4, -0.2) is 64.2 Å². The highest BCUT2D eigenvalue weighted by Crippen LogP contribution is 2.62. The van der Waals surface area contributed by atoms with Gasteiger partial charge in [-0.15, -0.1) is 0 Å². The zero-order chi connectivity index (χ0) is 20.9. The molecular formula is C14H22N2O10P2. The van der Waals surface area contributed by atoms with Gasteiger partial charge >= 0.3 is 20.9 Å². The maximum absolute atomic E-state index is 12.4. The van der Waals surface area contributed by atoms with Gasteiger partial charge in [0.05, 0.1) is 11.8 Å². The second-order valence-corrected chi connectivity index (χ2v) is 10.7. The number of hydrogen-bond acceptors (Lipinski definition) is 8. The van der Waals surface area contributed by atoms with E-state index in [1.54, 1.807) is 0 Å². The van der Waals surface area contributed by atoms with Crippen LogP contribution in [0, 0.1) is 5.92 Å². The fraction of sp³-hybridized carbons (Fsp3) is 0.714. The van der Waals surface area contributed by atoms with Gasteiger partial charge < -0.3 is 23.8 Å². The molecule has 0 spiro atoms. The molecule has 1 aliphatic carbocycles. The summed E-state index contributed by atoms with van der Waals surface area (Å²) in [6.07, 6.45) is -2.55. The van der Waals surface area contributed by atoms with Crippen LogP contribution in [0.15, 0.2) is 21.9 Å². The van der Waals surface area contributed by atoms with Gasteiger partial charge in [-0.1, -0.05) is 0 Å². The molecule has 158 valence electrons. The van der Waals surface area contributed by atoms with Crippen LogP contribution >= 0.6 is 15.2 Å². The van der Waals surface area contributed by atoms with E-state index in [1.165, 1.54) is 27.1 Å². The van der Waals surface area contributed by atoms with E-state index in [4.69, 9.17) is 18.5 Å². The molecule has 0 aromatic carbocycles. The molecule has 7 atom stereocenters. The van der Waals surface area contributed by atoms with E-state index in [9.17, 15) is 28.5 Å². The third-order valence-corrected chi connectivity index (χ3v) is 7.67. The third-order valence-electron chi connectivity index (χ3n) is 4.93. The van der Waals surface area contributed by atoms with E-state index in [-0.39, 0.29) is 6.42 Å². The molecule has 0 bridgehead atoms. The number of nitrogens with zero attached hydrogens (tertiary/aromatic N) is 1. The zero-order valence-electron chi connectivity index (χ0n) is 15.3. The number of ether oxygens (including phenoxy) is 2. The van der Waals surface area contributed by atoms with Gasteiger partial charge in [-0.2, -0.15) is 0 Å². The first kappa shape index (κ1) is 21.6. The number of methoxy groups -OCH3 is 1. The van der Waals surface area contributed by atoms with Crippen molar-refractivity contribution in [3.8, 4) is 0 Å². The number of rotatable bonds is 7. The largest absolute Gasteiger partial charge is 0.374 e. The van der Waals surface area contributed by atoms with E-state index >= 15 is 0 Å². The predicted octanol–water partition coefficient (Wildman–Crippen LogP) is -0.130. The van der Waals surface area contributed by atoms with Gasteiger partial charge in [-0.3, -0.25) is 28.0 Å². The number of nitrogens with one attached hydrogen (secondary N) is 1. The Balaban J connectivity index is 1.97. The molecule has 12 nitrogen and oxygen atoms in total. The zero-order valence-corrected chi connectivity index (χ0v) is 17.1. The second-order valence-electron chi connectivity index (χ2n) is 6.79. The Bertz CT molecular complexity index is 939. The Morgan fingerprint density at radius 1 is 1.25 bits per heavy atom. The lowest BCUT2D eigenvalue weighted by Gasteiger charge is -2.26. The summed E-state index contributed by atoms with van der Waals surface area (Å²) in [5.41, 5.74) is -2.28. The van der Waals surface area contributed by atoms with Crippen LogP contribution in [0.4, 0.5) is 0 Å². The number of hydrogen-bond donors (Lipinski definition) is 3. The number of aromatic amines is 1. The van der Waals surface area contributed by atoms with Gasteiger partial charge in [0.25, 0.3) is 5.56 Å². The molecule has 1 aromatic rings. The summed E-state index contributed by atoms with van der Waals surface area (Å²) >= 11 is 0. The Kier molecular flexibility index (Phi) is 5.88. The van der Waals surface area contributed by atoms with Crippen LogP contribution in [0.3, 0.4) is 0 Å².